The van der Waals surface area contributed by atoms with Gasteiger partial charge in [-0.15, -0.1) is 0 Å². The summed E-state index contributed by atoms with van der Waals surface area (Å²) in [6, 6.07) is 0. The summed E-state index contributed by atoms with van der Waals surface area (Å²) in [5.41, 5.74) is 2.04. The summed E-state index contributed by atoms with van der Waals surface area (Å²) in [6.45, 7) is 7.34. The molecule has 0 amide bonds. The predicted molar refractivity (Wildman–Crippen MR) is 121 cm³/mol. The van der Waals surface area contributed by atoms with E-state index in [0.29, 0.717) is 23.2 Å². The van der Waals surface area contributed by atoms with Gasteiger partial charge in [0, 0.05) is 0 Å². The zero-order valence-corrected chi connectivity index (χ0v) is 19.3. The molecule has 2 N–H and O–H groups in total. The first kappa shape index (κ1) is 21.9. The van der Waals surface area contributed by atoms with Crippen LogP contribution in [0.4, 0.5) is 0 Å². The van der Waals surface area contributed by atoms with Gasteiger partial charge in [-0.25, -0.2) is 0 Å². The van der Waals surface area contributed by atoms with E-state index < -0.39 is 0 Å². The van der Waals surface area contributed by atoms with Crippen LogP contribution in [-0.4, -0.2) is 22.4 Å². The zero-order chi connectivity index (χ0) is 20.6. The summed E-state index contributed by atoms with van der Waals surface area (Å²) in [5.74, 6) is 2.64. The maximum Gasteiger partial charge on any atom is 0.0757 e. The van der Waals surface area contributed by atoms with Crippen LogP contribution in [0.3, 0.4) is 0 Å². The van der Waals surface area contributed by atoms with Crippen molar-refractivity contribution < 1.29 is 10.2 Å². The average molecular weight is 403 g/mol. The van der Waals surface area contributed by atoms with Gasteiger partial charge in [0.2, 0.25) is 0 Å². The summed E-state index contributed by atoms with van der Waals surface area (Å²) in [4.78, 5) is 0. The van der Waals surface area contributed by atoms with Gasteiger partial charge in [0.15, 0.2) is 0 Å². The number of rotatable bonds is 7. The van der Waals surface area contributed by atoms with E-state index in [1.54, 1.807) is 0 Å². The molecule has 0 aliphatic heterocycles. The molecule has 0 spiro atoms. The topological polar surface area (TPSA) is 40.5 Å². The first-order valence-electron chi connectivity index (χ1n) is 13.0. The third-order valence-electron chi connectivity index (χ3n) is 10.2. The van der Waals surface area contributed by atoms with E-state index in [9.17, 15) is 10.2 Å². The van der Waals surface area contributed by atoms with Crippen LogP contribution in [0.1, 0.15) is 111 Å². The summed E-state index contributed by atoms with van der Waals surface area (Å²) in [6.07, 6.45) is 19.7. The zero-order valence-electron chi connectivity index (χ0n) is 19.3. The van der Waals surface area contributed by atoms with Gasteiger partial charge in [-0.05, 0) is 85.9 Å². The van der Waals surface area contributed by atoms with Crippen molar-refractivity contribution in [3.05, 3.63) is 11.6 Å². The molecule has 0 radical (unpaired) electrons. The van der Waals surface area contributed by atoms with E-state index in [-0.39, 0.29) is 17.6 Å². The highest BCUT2D eigenvalue weighted by Gasteiger charge is 2.60. The van der Waals surface area contributed by atoms with Crippen molar-refractivity contribution in [3.8, 4) is 0 Å². The summed E-state index contributed by atoms with van der Waals surface area (Å²) < 4.78 is 0. The minimum atomic E-state index is -0.286. The predicted octanol–water partition coefficient (Wildman–Crippen LogP) is 6.65. The van der Waals surface area contributed by atoms with Gasteiger partial charge in [-0.3, -0.25) is 0 Å². The van der Waals surface area contributed by atoms with Crippen molar-refractivity contribution in [3.63, 3.8) is 0 Å². The van der Waals surface area contributed by atoms with Crippen molar-refractivity contribution in [2.75, 3.05) is 0 Å². The van der Waals surface area contributed by atoms with E-state index in [0.717, 1.165) is 25.2 Å². The number of aliphatic hydroxyl groups excluding tert-OH is 2. The van der Waals surface area contributed by atoms with Crippen LogP contribution in [0.2, 0.25) is 0 Å². The molecule has 3 fully saturated rings. The van der Waals surface area contributed by atoms with Gasteiger partial charge in [0.25, 0.3) is 0 Å². The van der Waals surface area contributed by atoms with Gasteiger partial charge in [-0.1, -0.05) is 70.9 Å². The third kappa shape index (κ3) is 3.86. The Balaban J connectivity index is 1.44. The minimum absolute atomic E-state index is 0.194. The summed E-state index contributed by atoms with van der Waals surface area (Å²) >= 11 is 0. The normalized spacial score (nSPS) is 46.6. The van der Waals surface area contributed by atoms with E-state index in [1.807, 2.05) is 0 Å². The lowest BCUT2D eigenvalue weighted by Crippen LogP contribution is -2.54. The monoisotopic (exact) mass is 402 g/mol. The Morgan fingerprint density at radius 2 is 1.66 bits per heavy atom. The first-order valence-corrected chi connectivity index (χ1v) is 13.0. The van der Waals surface area contributed by atoms with Crippen LogP contribution in [0.5, 0.6) is 0 Å². The Hall–Kier alpha value is -0.340. The van der Waals surface area contributed by atoms with E-state index in [1.165, 1.54) is 76.2 Å². The van der Waals surface area contributed by atoms with Crippen molar-refractivity contribution in [2.45, 2.75) is 123 Å². The van der Waals surface area contributed by atoms with Gasteiger partial charge < -0.3 is 10.2 Å². The summed E-state index contributed by atoms with van der Waals surface area (Å²) in [7, 11) is 0. The molecular formula is C27H46O2. The molecule has 8 atom stereocenters. The molecule has 2 nitrogen and oxygen atoms in total. The Morgan fingerprint density at radius 3 is 2.45 bits per heavy atom. The van der Waals surface area contributed by atoms with Crippen molar-refractivity contribution >= 4 is 0 Å². The molecule has 0 aromatic carbocycles. The number of aliphatic hydroxyl groups is 2. The minimum Gasteiger partial charge on any atom is -0.393 e. The molecule has 4 unspecified atom stereocenters. The number of hydrogen-bond donors (Lipinski definition) is 2. The molecular weight excluding hydrogens is 356 g/mol. The fraction of sp³-hybridized carbons (Fsp3) is 0.926. The molecule has 29 heavy (non-hydrogen) atoms. The molecule has 4 aliphatic rings. The molecule has 0 heterocycles. The number of unbranched alkanes of at least 4 members (excludes halogenated alkanes) is 5. The number of hydrogen-bond acceptors (Lipinski definition) is 2. The fourth-order valence-electron chi connectivity index (χ4n) is 8.38. The van der Waals surface area contributed by atoms with E-state index in [4.69, 9.17) is 0 Å². The molecule has 0 aromatic heterocycles. The molecule has 2 heteroatoms. The standard InChI is InChI=1S/C27H46O2/c1-4-5-6-7-8-9-10-19-11-12-22-25-23(14-16-26(19,22)2)27(3)15-13-21(28)17-20(27)18-24(25)29/h18-19,21-25,28-29H,4-17H2,1-3H3/t19?,21-,22?,23?,24-,25?,26+,27-/m0/s1. The molecule has 0 bridgehead atoms. The second-order valence-electron chi connectivity index (χ2n) is 11.7. The second kappa shape index (κ2) is 8.65. The van der Waals surface area contributed by atoms with Crippen LogP contribution in [0.25, 0.3) is 0 Å². The van der Waals surface area contributed by atoms with Crippen molar-refractivity contribution in [1.82, 2.24) is 0 Å². The quantitative estimate of drug-likeness (QED) is 0.370. The van der Waals surface area contributed by atoms with Crippen LogP contribution >= 0.6 is 0 Å². The smallest absolute Gasteiger partial charge is 0.0757 e. The van der Waals surface area contributed by atoms with Gasteiger partial charge in [0.05, 0.1) is 12.2 Å². The lowest BCUT2D eigenvalue weighted by atomic mass is 9.46. The lowest BCUT2D eigenvalue weighted by Gasteiger charge is -2.59. The summed E-state index contributed by atoms with van der Waals surface area (Å²) in [5, 5.41) is 21.4. The maximum atomic E-state index is 11.2. The highest BCUT2D eigenvalue weighted by Crippen LogP contribution is 2.66. The highest BCUT2D eigenvalue weighted by molar-refractivity contribution is 5.27. The maximum absolute atomic E-state index is 11.2. The largest absolute Gasteiger partial charge is 0.393 e. The third-order valence-corrected chi connectivity index (χ3v) is 10.2. The fourth-order valence-corrected chi connectivity index (χ4v) is 8.38. The Bertz CT molecular complexity index is 597. The molecule has 3 saturated carbocycles. The van der Waals surface area contributed by atoms with Crippen molar-refractivity contribution in [1.29, 1.82) is 0 Å². The van der Waals surface area contributed by atoms with Crippen LogP contribution < -0.4 is 0 Å². The molecule has 4 aliphatic carbocycles. The molecule has 166 valence electrons. The van der Waals surface area contributed by atoms with E-state index in [2.05, 4.69) is 26.8 Å². The van der Waals surface area contributed by atoms with Gasteiger partial charge >= 0.3 is 0 Å². The molecule has 0 saturated heterocycles. The van der Waals surface area contributed by atoms with Crippen LogP contribution in [0, 0.1) is 34.5 Å². The SMILES string of the molecule is CCCCCCCCC1CCC2C3C(CC[C@]12C)[C@@]1(C)CC[C@H](O)CC1=C[C@@H]3O. The van der Waals surface area contributed by atoms with Gasteiger partial charge in [-0.2, -0.15) is 0 Å². The van der Waals surface area contributed by atoms with E-state index >= 15 is 0 Å². The lowest BCUT2D eigenvalue weighted by molar-refractivity contribution is -0.0929. The molecule has 4 rings (SSSR count). The Morgan fingerprint density at radius 1 is 0.897 bits per heavy atom. The second-order valence-corrected chi connectivity index (χ2v) is 11.7. The highest BCUT2D eigenvalue weighted by atomic mass is 16.3. The average Bonchev–Trinajstić information content (AvgIpc) is 3.02. The number of fused-ring (bicyclic) bond motifs is 5. The van der Waals surface area contributed by atoms with Crippen molar-refractivity contribution in [2.24, 2.45) is 34.5 Å². The molecule has 0 aromatic rings. The first-order chi connectivity index (χ1) is 13.9. The van der Waals surface area contributed by atoms with Gasteiger partial charge in [0.1, 0.15) is 0 Å². The Kier molecular flexibility index (Phi) is 6.53. The van der Waals surface area contributed by atoms with Crippen LogP contribution in [-0.2, 0) is 0 Å². The van der Waals surface area contributed by atoms with Crippen LogP contribution in [0.15, 0.2) is 11.6 Å². The Labute approximate surface area is 179 Å².